The third-order valence-corrected chi connectivity index (χ3v) is 3.00. The average Bonchev–Trinajstić information content (AvgIpc) is 2.34. The molecule has 0 aromatic heterocycles. The van der Waals surface area contributed by atoms with Gasteiger partial charge in [-0.25, -0.2) is 0 Å². The van der Waals surface area contributed by atoms with E-state index >= 15 is 0 Å². The Morgan fingerprint density at radius 1 is 1.29 bits per heavy atom. The quantitative estimate of drug-likeness (QED) is 0.525. The van der Waals surface area contributed by atoms with Gasteiger partial charge in [-0.2, -0.15) is 0 Å². The molecule has 17 heavy (non-hydrogen) atoms. The lowest BCUT2D eigenvalue weighted by molar-refractivity contribution is -0.139. The summed E-state index contributed by atoms with van der Waals surface area (Å²) in [6.45, 7) is 6.50. The second kappa shape index (κ2) is 7.06. The van der Waals surface area contributed by atoms with Crippen LogP contribution in [-0.2, 0) is 9.59 Å². The zero-order valence-corrected chi connectivity index (χ0v) is 10.4. The molecule has 5 nitrogen and oxygen atoms in total. The Morgan fingerprint density at radius 2 is 1.88 bits per heavy atom. The summed E-state index contributed by atoms with van der Waals surface area (Å²) in [5.41, 5.74) is 0. The molecular formula is C12H21N3O2. The first-order valence-corrected chi connectivity index (χ1v) is 5.99. The summed E-state index contributed by atoms with van der Waals surface area (Å²) in [5, 5.41) is 5.12. The summed E-state index contributed by atoms with van der Waals surface area (Å²) in [6, 6.07) is 0. The summed E-state index contributed by atoms with van der Waals surface area (Å²) < 4.78 is 0. The highest BCUT2D eigenvalue weighted by molar-refractivity contribution is 6.35. The lowest BCUT2D eigenvalue weighted by Gasteiger charge is -2.28. The predicted octanol–water partition coefficient (Wildman–Crippen LogP) is -0.253. The van der Waals surface area contributed by atoms with Gasteiger partial charge in [0.2, 0.25) is 0 Å². The number of amides is 2. The summed E-state index contributed by atoms with van der Waals surface area (Å²) in [4.78, 5) is 24.9. The predicted molar refractivity (Wildman–Crippen MR) is 66.4 cm³/mol. The molecule has 0 saturated carbocycles. The normalized spacial score (nSPS) is 17.5. The molecule has 0 spiro atoms. The van der Waals surface area contributed by atoms with Crippen molar-refractivity contribution < 1.29 is 9.59 Å². The summed E-state index contributed by atoms with van der Waals surface area (Å²) in [5.74, 6) is -0.647. The maximum Gasteiger partial charge on any atom is 0.309 e. The van der Waals surface area contributed by atoms with Crippen molar-refractivity contribution in [2.75, 3.05) is 33.2 Å². The van der Waals surface area contributed by atoms with E-state index in [9.17, 15) is 9.59 Å². The number of hydrogen-bond acceptors (Lipinski definition) is 3. The van der Waals surface area contributed by atoms with E-state index < -0.39 is 11.8 Å². The van der Waals surface area contributed by atoms with Crippen molar-refractivity contribution in [3.05, 3.63) is 12.7 Å². The summed E-state index contributed by atoms with van der Waals surface area (Å²) >= 11 is 0. The van der Waals surface area contributed by atoms with E-state index in [2.05, 4.69) is 29.2 Å². The van der Waals surface area contributed by atoms with E-state index in [0.29, 0.717) is 19.0 Å². The number of piperidine rings is 1. The van der Waals surface area contributed by atoms with E-state index in [1.165, 1.54) is 0 Å². The lowest BCUT2D eigenvalue weighted by Crippen LogP contribution is -2.43. The van der Waals surface area contributed by atoms with Gasteiger partial charge in [0.05, 0.1) is 0 Å². The zero-order chi connectivity index (χ0) is 12.7. The standard InChI is InChI=1S/C12H21N3O2/c1-3-6-13-11(16)12(17)14-9-10-4-7-15(2)8-5-10/h3,10H,1,4-9H2,2H3,(H,13,16)(H,14,17). The maximum absolute atomic E-state index is 11.4. The average molecular weight is 239 g/mol. The Balaban J connectivity index is 2.19. The number of carbonyl (C=O) groups is 2. The minimum absolute atomic E-state index is 0.320. The second-order valence-electron chi connectivity index (χ2n) is 4.46. The highest BCUT2D eigenvalue weighted by Gasteiger charge is 2.19. The molecular weight excluding hydrogens is 218 g/mol. The third kappa shape index (κ3) is 4.99. The molecule has 0 aromatic rings. The monoisotopic (exact) mass is 239 g/mol. The first-order valence-electron chi connectivity index (χ1n) is 5.99. The Morgan fingerprint density at radius 3 is 2.47 bits per heavy atom. The van der Waals surface area contributed by atoms with Crippen molar-refractivity contribution in [1.82, 2.24) is 15.5 Å². The van der Waals surface area contributed by atoms with Crippen LogP contribution in [0.3, 0.4) is 0 Å². The molecule has 96 valence electrons. The van der Waals surface area contributed by atoms with E-state index in [4.69, 9.17) is 0 Å². The van der Waals surface area contributed by atoms with Crippen LogP contribution in [0.15, 0.2) is 12.7 Å². The van der Waals surface area contributed by atoms with Gasteiger partial charge in [0.25, 0.3) is 0 Å². The van der Waals surface area contributed by atoms with Gasteiger partial charge in [0.15, 0.2) is 0 Å². The van der Waals surface area contributed by atoms with Gasteiger partial charge >= 0.3 is 11.8 Å². The highest BCUT2D eigenvalue weighted by atomic mass is 16.2. The van der Waals surface area contributed by atoms with E-state index in [1.54, 1.807) is 6.08 Å². The highest BCUT2D eigenvalue weighted by Crippen LogP contribution is 2.14. The van der Waals surface area contributed by atoms with Crippen LogP contribution in [0.2, 0.25) is 0 Å². The fourth-order valence-electron chi connectivity index (χ4n) is 1.83. The fraction of sp³-hybridized carbons (Fsp3) is 0.667. The molecule has 1 aliphatic rings. The van der Waals surface area contributed by atoms with E-state index in [1.807, 2.05) is 0 Å². The van der Waals surface area contributed by atoms with Crippen LogP contribution in [0.25, 0.3) is 0 Å². The minimum atomic E-state index is -0.585. The zero-order valence-electron chi connectivity index (χ0n) is 10.4. The van der Waals surface area contributed by atoms with Crippen molar-refractivity contribution in [3.63, 3.8) is 0 Å². The molecule has 0 atom stereocenters. The van der Waals surface area contributed by atoms with Gasteiger partial charge in [-0.3, -0.25) is 9.59 Å². The van der Waals surface area contributed by atoms with Crippen LogP contribution in [-0.4, -0.2) is 49.9 Å². The Bertz CT molecular complexity index is 283. The Kier molecular flexibility index (Phi) is 5.69. The largest absolute Gasteiger partial charge is 0.348 e. The molecule has 5 heteroatoms. The van der Waals surface area contributed by atoms with Gasteiger partial charge in [-0.1, -0.05) is 6.08 Å². The number of carbonyl (C=O) groups excluding carboxylic acids is 2. The second-order valence-corrected chi connectivity index (χ2v) is 4.46. The van der Waals surface area contributed by atoms with Crippen LogP contribution in [0, 0.1) is 5.92 Å². The molecule has 0 aromatic carbocycles. The van der Waals surface area contributed by atoms with Crippen LogP contribution in [0.1, 0.15) is 12.8 Å². The van der Waals surface area contributed by atoms with Gasteiger partial charge < -0.3 is 15.5 Å². The summed E-state index contributed by atoms with van der Waals surface area (Å²) in [6.07, 6.45) is 3.69. The number of hydrogen-bond donors (Lipinski definition) is 2. The van der Waals surface area contributed by atoms with Crippen LogP contribution >= 0.6 is 0 Å². The number of likely N-dealkylation sites (tertiary alicyclic amines) is 1. The third-order valence-electron chi connectivity index (χ3n) is 3.00. The minimum Gasteiger partial charge on any atom is -0.348 e. The number of nitrogens with zero attached hydrogens (tertiary/aromatic N) is 1. The molecule has 0 bridgehead atoms. The van der Waals surface area contributed by atoms with E-state index in [-0.39, 0.29) is 0 Å². The van der Waals surface area contributed by atoms with Crippen molar-refractivity contribution in [3.8, 4) is 0 Å². The lowest BCUT2D eigenvalue weighted by atomic mass is 9.97. The first kappa shape index (κ1) is 13.7. The number of nitrogens with one attached hydrogen (secondary N) is 2. The van der Waals surface area contributed by atoms with Gasteiger partial charge in [-0.05, 0) is 38.9 Å². The van der Waals surface area contributed by atoms with Gasteiger partial charge in [-0.15, -0.1) is 6.58 Å². The molecule has 1 saturated heterocycles. The number of rotatable bonds is 4. The molecule has 0 radical (unpaired) electrons. The molecule has 0 unspecified atom stereocenters. The first-order chi connectivity index (χ1) is 8.13. The maximum atomic E-state index is 11.4. The Hall–Kier alpha value is -1.36. The smallest absolute Gasteiger partial charge is 0.309 e. The Labute approximate surface area is 102 Å². The molecule has 1 rings (SSSR count). The molecule has 2 N–H and O–H groups in total. The van der Waals surface area contributed by atoms with Crippen molar-refractivity contribution in [2.45, 2.75) is 12.8 Å². The van der Waals surface area contributed by atoms with Crippen LogP contribution < -0.4 is 10.6 Å². The topological polar surface area (TPSA) is 61.4 Å². The molecule has 2 amide bonds. The van der Waals surface area contributed by atoms with Crippen molar-refractivity contribution in [2.24, 2.45) is 5.92 Å². The van der Waals surface area contributed by atoms with E-state index in [0.717, 1.165) is 25.9 Å². The SMILES string of the molecule is C=CCNC(=O)C(=O)NCC1CCN(C)CC1. The summed E-state index contributed by atoms with van der Waals surface area (Å²) in [7, 11) is 2.09. The van der Waals surface area contributed by atoms with Crippen LogP contribution in [0.5, 0.6) is 0 Å². The fourth-order valence-corrected chi connectivity index (χ4v) is 1.83. The molecule has 1 heterocycles. The van der Waals surface area contributed by atoms with Crippen LogP contribution in [0.4, 0.5) is 0 Å². The van der Waals surface area contributed by atoms with Gasteiger partial charge in [0.1, 0.15) is 0 Å². The van der Waals surface area contributed by atoms with Crippen molar-refractivity contribution in [1.29, 1.82) is 0 Å². The van der Waals surface area contributed by atoms with Gasteiger partial charge in [0, 0.05) is 13.1 Å². The molecule has 1 aliphatic heterocycles. The molecule has 1 fully saturated rings. The van der Waals surface area contributed by atoms with Crippen molar-refractivity contribution >= 4 is 11.8 Å². The molecule has 0 aliphatic carbocycles.